The van der Waals surface area contributed by atoms with Crippen molar-refractivity contribution in [3.8, 4) is 0 Å². The third kappa shape index (κ3) is 4.03. The molecule has 0 aromatic carbocycles. The third-order valence-corrected chi connectivity index (χ3v) is 2.03. The summed E-state index contributed by atoms with van der Waals surface area (Å²) in [6, 6.07) is 3.08. The monoisotopic (exact) mass is 209 g/mol. The van der Waals surface area contributed by atoms with Crippen LogP contribution in [0.1, 0.15) is 25.5 Å². The number of rotatable bonds is 6. The Morgan fingerprint density at radius 1 is 1.67 bits per heavy atom. The Balaban J connectivity index is 2.43. The van der Waals surface area contributed by atoms with Crippen LogP contribution in [0.2, 0.25) is 0 Å². The van der Waals surface area contributed by atoms with E-state index in [1.165, 1.54) is 0 Å². The Morgan fingerprint density at radius 3 is 3.00 bits per heavy atom. The van der Waals surface area contributed by atoms with Gasteiger partial charge in [-0.3, -0.25) is 10.1 Å². The van der Waals surface area contributed by atoms with E-state index in [0.29, 0.717) is 13.0 Å². The minimum atomic E-state index is -0.819. The molecule has 5 heteroatoms. The van der Waals surface area contributed by atoms with Gasteiger partial charge in [-0.15, -0.1) is 0 Å². The van der Waals surface area contributed by atoms with Crippen molar-refractivity contribution >= 4 is 5.97 Å². The molecule has 0 saturated heterocycles. The summed E-state index contributed by atoms with van der Waals surface area (Å²) in [7, 11) is 0. The summed E-state index contributed by atoms with van der Waals surface area (Å²) in [6.45, 7) is 2.39. The standard InChI is InChI=1S/C10H15N3O2/c1-2-4-9(10(14)15)11-7-8-5-3-6-12-13-8/h3,5-6,9,11H,2,4,7H2,1H3,(H,14,15). The molecule has 0 aliphatic heterocycles. The van der Waals surface area contributed by atoms with Crippen LogP contribution in [0.3, 0.4) is 0 Å². The minimum absolute atomic E-state index is 0.435. The zero-order valence-electron chi connectivity index (χ0n) is 8.68. The van der Waals surface area contributed by atoms with Crippen molar-refractivity contribution in [2.45, 2.75) is 32.4 Å². The maximum atomic E-state index is 10.8. The van der Waals surface area contributed by atoms with E-state index in [4.69, 9.17) is 5.11 Å². The van der Waals surface area contributed by atoms with Crippen LogP contribution >= 0.6 is 0 Å². The van der Waals surface area contributed by atoms with Crippen molar-refractivity contribution in [1.82, 2.24) is 15.5 Å². The van der Waals surface area contributed by atoms with Gasteiger partial charge in [0.25, 0.3) is 0 Å². The number of carboxylic acid groups (broad SMARTS) is 1. The number of hydrogen-bond acceptors (Lipinski definition) is 4. The Bertz CT molecular complexity index is 303. The Hall–Kier alpha value is -1.49. The first-order valence-electron chi connectivity index (χ1n) is 4.96. The molecule has 1 aromatic rings. The summed E-state index contributed by atoms with van der Waals surface area (Å²) >= 11 is 0. The second-order valence-electron chi connectivity index (χ2n) is 3.28. The smallest absolute Gasteiger partial charge is 0.320 e. The average molecular weight is 209 g/mol. The summed E-state index contributed by atoms with van der Waals surface area (Å²) in [4.78, 5) is 10.8. The maximum Gasteiger partial charge on any atom is 0.320 e. The molecule has 1 atom stereocenters. The predicted octanol–water partition coefficient (Wildman–Crippen LogP) is 0.819. The fraction of sp³-hybridized carbons (Fsp3) is 0.500. The molecular formula is C10H15N3O2. The van der Waals surface area contributed by atoms with Gasteiger partial charge in [-0.25, -0.2) is 0 Å². The first-order chi connectivity index (χ1) is 7.24. The van der Waals surface area contributed by atoms with Crippen molar-refractivity contribution in [3.05, 3.63) is 24.0 Å². The second-order valence-corrected chi connectivity index (χ2v) is 3.28. The molecule has 0 amide bonds. The van der Waals surface area contributed by atoms with Crippen LogP contribution < -0.4 is 5.32 Å². The van der Waals surface area contributed by atoms with Crippen LogP contribution in [0.25, 0.3) is 0 Å². The lowest BCUT2D eigenvalue weighted by Crippen LogP contribution is -2.36. The molecule has 1 unspecified atom stereocenters. The quantitative estimate of drug-likeness (QED) is 0.725. The van der Waals surface area contributed by atoms with Crippen LogP contribution in [-0.2, 0) is 11.3 Å². The Labute approximate surface area is 88.5 Å². The van der Waals surface area contributed by atoms with Gasteiger partial charge in [0.15, 0.2) is 0 Å². The number of hydrogen-bond donors (Lipinski definition) is 2. The van der Waals surface area contributed by atoms with E-state index >= 15 is 0 Å². The molecule has 0 aliphatic rings. The van der Waals surface area contributed by atoms with Crippen LogP contribution in [0.15, 0.2) is 18.3 Å². The average Bonchev–Trinajstić information content (AvgIpc) is 2.25. The number of aliphatic carboxylic acids is 1. The summed E-state index contributed by atoms with van der Waals surface area (Å²) in [6.07, 6.45) is 3.05. The molecule has 0 spiro atoms. The highest BCUT2D eigenvalue weighted by Crippen LogP contribution is 1.99. The Morgan fingerprint density at radius 2 is 2.47 bits per heavy atom. The summed E-state index contributed by atoms with van der Waals surface area (Å²) in [5, 5.41) is 19.4. The van der Waals surface area contributed by atoms with E-state index in [0.717, 1.165) is 12.1 Å². The fourth-order valence-corrected chi connectivity index (χ4v) is 1.26. The van der Waals surface area contributed by atoms with Gasteiger partial charge < -0.3 is 5.11 Å². The highest BCUT2D eigenvalue weighted by atomic mass is 16.4. The molecule has 0 bridgehead atoms. The Kier molecular flexibility index (Phi) is 4.70. The van der Waals surface area contributed by atoms with Gasteiger partial charge >= 0.3 is 5.97 Å². The van der Waals surface area contributed by atoms with Gasteiger partial charge in [-0.2, -0.15) is 10.2 Å². The molecule has 0 aliphatic carbocycles. The van der Waals surface area contributed by atoms with E-state index in [1.54, 1.807) is 12.3 Å². The number of nitrogens with zero attached hydrogens (tertiary/aromatic N) is 2. The largest absolute Gasteiger partial charge is 0.480 e. The van der Waals surface area contributed by atoms with Crippen LogP contribution in [0.4, 0.5) is 0 Å². The van der Waals surface area contributed by atoms with E-state index in [1.807, 2.05) is 13.0 Å². The third-order valence-electron chi connectivity index (χ3n) is 2.03. The molecule has 82 valence electrons. The molecule has 0 fully saturated rings. The number of carboxylic acids is 1. The summed E-state index contributed by atoms with van der Waals surface area (Å²) in [5.41, 5.74) is 0.750. The molecule has 0 saturated carbocycles. The maximum absolute atomic E-state index is 10.8. The zero-order valence-corrected chi connectivity index (χ0v) is 8.68. The molecule has 2 N–H and O–H groups in total. The van der Waals surface area contributed by atoms with Gasteiger partial charge in [0.1, 0.15) is 6.04 Å². The molecule has 15 heavy (non-hydrogen) atoms. The second kappa shape index (κ2) is 6.08. The molecule has 1 rings (SSSR count). The lowest BCUT2D eigenvalue weighted by molar-refractivity contribution is -0.139. The van der Waals surface area contributed by atoms with Crippen molar-refractivity contribution in [2.75, 3.05) is 0 Å². The van der Waals surface area contributed by atoms with E-state index in [-0.39, 0.29) is 0 Å². The SMILES string of the molecule is CCCC(NCc1cccnn1)C(=O)O. The lowest BCUT2D eigenvalue weighted by Gasteiger charge is -2.12. The van der Waals surface area contributed by atoms with E-state index in [9.17, 15) is 4.79 Å². The van der Waals surface area contributed by atoms with Crippen LogP contribution in [0.5, 0.6) is 0 Å². The van der Waals surface area contributed by atoms with Gasteiger partial charge in [-0.05, 0) is 18.6 Å². The van der Waals surface area contributed by atoms with Gasteiger partial charge in [0.2, 0.25) is 0 Å². The van der Waals surface area contributed by atoms with Crippen molar-refractivity contribution in [3.63, 3.8) is 0 Å². The van der Waals surface area contributed by atoms with E-state index in [2.05, 4.69) is 15.5 Å². The number of nitrogens with one attached hydrogen (secondary N) is 1. The van der Waals surface area contributed by atoms with Crippen molar-refractivity contribution in [2.24, 2.45) is 0 Å². The molecule has 5 nitrogen and oxygen atoms in total. The predicted molar refractivity (Wildman–Crippen MR) is 55.2 cm³/mol. The first kappa shape index (κ1) is 11.6. The molecule has 1 heterocycles. The zero-order chi connectivity index (χ0) is 11.1. The van der Waals surface area contributed by atoms with Gasteiger partial charge in [0, 0.05) is 12.7 Å². The summed E-state index contributed by atoms with van der Waals surface area (Å²) in [5.74, 6) is -0.819. The van der Waals surface area contributed by atoms with Crippen LogP contribution in [-0.4, -0.2) is 27.3 Å². The molecular weight excluding hydrogens is 194 g/mol. The normalized spacial score (nSPS) is 12.3. The van der Waals surface area contributed by atoms with Crippen molar-refractivity contribution in [1.29, 1.82) is 0 Å². The highest BCUT2D eigenvalue weighted by molar-refractivity contribution is 5.73. The highest BCUT2D eigenvalue weighted by Gasteiger charge is 2.15. The summed E-state index contributed by atoms with van der Waals surface area (Å²) < 4.78 is 0. The molecule has 0 radical (unpaired) electrons. The first-order valence-corrected chi connectivity index (χ1v) is 4.96. The fourth-order valence-electron chi connectivity index (χ4n) is 1.26. The van der Waals surface area contributed by atoms with Gasteiger partial charge in [0.05, 0.1) is 5.69 Å². The van der Waals surface area contributed by atoms with Crippen molar-refractivity contribution < 1.29 is 9.90 Å². The van der Waals surface area contributed by atoms with Crippen LogP contribution in [0, 0.1) is 0 Å². The lowest BCUT2D eigenvalue weighted by atomic mass is 10.1. The number of carbonyl (C=O) groups is 1. The van der Waals surface area contributed by atoms with E-state index < -0.39 is 12.0 Å². The van der Waals surface area contributed by atoms with Gasteiger partial charge in [-0.1, -0.05) is 13.3 Å². The minimum Gasteiger partial charge on any atom is -0.480 e. The molecule has 1 aromatic heterocycles. The topological polar surface area (TPSA) is 75.1 Å². The number of aromatic nitrogens is 2.